The van der Waals surface area contributed by atoms with Crippen LogP contribution in [-0.2, 0) is 0 Å². The molecule has 0 bridgehead atoms. The molecule has 4 nitrogen and oxygen atoms in total. The first-order chi connectivity index (χ1) is 10.1. The molecule has 3 N–H and O–H groups in total. The Hall–Kier alpha value is -1.99. The minimum absolute atomic E-state index is 0.345. The van der Waals surface area contributed by atoms with E-state index in [1.807, 2.05) is 6.07 Å². The molecule has 0 atom stereocenters. The SMILES string of the molecule is Nc1c(C(=O)Nc2ccc(F)cc2Br)sc2ncccc12. The third kappa shape index (κ3) is 2.62. The van der Waals surface area contributed by atoms with Crippen LogP contribution in [0.25, 0.3) is 10.2 Å². The van der Waals surface area contributed by atoms with Crippen molar-refractivity contribution in [3.8, 4) is 0 Å². The van der Waals surface area contributed by atoms with Gasteiger partial charge in [0.25, 0.3) is 5.91 Å². The Balaban J connectivity index is 1.95. The number of aromatic nitrogens is 1. The zero-order valence-corrected chi connectivity index (χ0v) is 13.0. The van der Waals surface area contributed by atoms with Crippen LogP contribution in [0.2, 0.25) is 0 Å². The van der Waals surface area contributed by atoms with E-state index in [9.17, 15) is 9.18 Å². The Kier molecular flexibility index (Phi) is 3.60. The fraction of sp³-hybridized carbons (Fsp3) is 0. The molecule has 0 radical (unpaired) electrons. The zero-order chi connectivity index (χ0) is 15.0. The van der Waals surface area contributed by atoms with E-state index in [0.717, 1.165) is 5.39 Å². The fourth-order valence-electron chi connectivity index (χ4n) is 1.89. The number of hydrogen-bond acceptors (Lipinski definition) is 4. The highest BCUT2D eigenvalue weighted by Gasteiger charge is 2.17. The van der Waals surface area contributed by atoms with Crippen LogP contribution in [0, 0.1) is 5.82 Å². The lowest BCUT2D eigenvalue weighted by Gasteiger charge is -2.06. The van der Waals surface area contributed by atoms with E-state index in [-0.39, 0.29) is 11.7 Å². The molecule has 0 saturated carbocycles. The van der Waals surface area contributed by atoms with Crippen LogP contribution in [-0.4, -0.2) is 10.9 Å². The van der Waals surface area contributed by atoms with Gasteiger partial charge in [0.15, 0.2) is 0 Å². The number of hydrogen-bond donors (Lipinski definition) is 2. The van der Waals surface area contributed by atoms with Crippen molar-refractivity contribution < 1.29 is 9.18 Å². The van der Waals surface area contributed by atoms with E-state index in [2.05, 4.69) is 26.2 Å². The second-order valence-corrected chi connectivity index (χ2v) is 6.13. The Morgan fingerprint density at radius 1 is 1.38 bits per heavy atom. The van der Waals surface area contributed by atoms with Crippen molar-refractivity contribution in [2.24, 2.45) is 0 Å². The number of benzene rings is 1. The highest BCUT2D eigenvalue weighted by Crippen LogP contribution is 2.33. The van der Waals surface area contributed by atoms with Crippen molar-refractivity contribution >= 4 is 54.8 Å². The number of nitrogens with two attached hydrogens (primary N) is 1. The Morgan fingerprint density at radius 2 is 2.19 bits per heavy atom. The number of thiophene rings is 1. The first-order valence-electron chi connectivity index (χ1n) is 5.95. The standard InChI is InChI=1S/C14H9BrFN3OS/c15-9-6-7(16)3-4-10(9)19-13(20)12-11(17)8-2-1-5-18-14(8)21-12/h1-6H,17H2,(H,19,20). The average Bonchev–Trinajstić information content (AvgIpc) is 2.80. The summed E-state index contributed by atoms with van der Waals surface area (Å²) in [6.07, 6.45) is 1.65. The van der Waals surface area contributed by atoms with Gasteiger partial charge in [0, 0.05) is 16.1 Å². The van der Waals surface area contributed by atoms with E-state index in [1.165, 1.54) is 29.5 Å². The average molecular weight is 366 g/mol. The number of carbonyl (C=O) groups is 1. The van der Waals surface area contributed by atoms with Gasteiger partial charge < -0.3 is 11.1 Å². The van der Waals surface area contributed by atoms with E-state index < -0.39 is 0 Å². The summed E-state index contributed by atoms with van der Waals surface area (Å²) in [5.74, 6) is -0.728. The van der Waals surface area contributed by atoms with Crippen LogP contribution in [0.15, 0.2) is 41.0 Å². The summed E-state index contributed by atoms with van der Waals surface area (Å²) in [5.41, 5.74) is 6.87. The lowest BCUT2D eigenvalue weighted by Crippen LogP contribution is -2.12. The highest BCUT2D eigenvalue weighted by atomic mass is 79.9. The lowest BCUT2D eigenvalue weighted by atomic mass is 10.2. The lowest BCUT2D eigenvalue weighted by molar-refractivity contribution is 0.103. The van der Waals surface area contributed by atoms with E-state index in [4.69, 9.17) is 5.73 Å². The molecule has 1 amide bonds. The second-order valence-electron chi connectivity index (χ2n) is 4.28. The molecule has 2 heterocycles. The van der Waals surface area contributed by atoms with Gasteiger partial charge in [0.05, 0.1) is 11.4 Å². The maximum absolute atomic E-state index is 13.0. The van der Waals surface area contributed by atoms with Gasteiger partial charge in [-0.1, -0.05) is 0 Å². The maximum atomic E-state index is 13.0. The number of nitrogens with zero attached hydrogens (tertiary/aromatic N) is 1. The number of anilines is 2. The van der Waals surface area contributed by atoms with Crippen molar-refractivity contribution in [1.29, 1.82) is 0 Å². The second kappa shape index (κ2) is 5.42. The van der Waals surface area contributed by atoms with Crippen LogP contribution in [0.3, 0.4) is 0 Å². The number of nitrogen functional groups attached to an aromatic ring is 1. The zero-order valence-electron chi connectivity index (χ0n) is 10.6. The minimum Gasteiger partial charge on any atom is -0.397 e. The van der Waals surface area contributed by atoms with Gasteiger partial charge in [-0.05, 0) is 46.3 Å². The molecule has 3 rings (SSSR count). The molecular formula is C14H9BrFN3OS. The molecule has 1 aromatic carbocycles. The van der Waals surface area contributed by atoms with Crippen LogP contribution in [0.1, 0.15) is 9.67 Å². The molecule has 21 heavy (non-hydrogen) atoms. The summed E-state index contributed by atoms with van der Waals surface area (Å²) >= 11 is 4.43. The molecule has 0 saturated heterocycles. The van der Waals surface area contributed by atoms with Crippen molar-refractivity contribution in [2.75, 3.05) is 11.1 Å². The van der Waals surface area contributed by atoms with Crippen LogP contribution in [0.4, 0.5) is 15.8 Å². The van der Waals surface area contributed by atoms with Gasteiger partial charge in [-0.3, -0.25) is 4.79 Å². The predicted octanol–water partition coefficient (Wildman–Crippen LogP) is 4.03. The molecular weight excluding hydrogens is 357 g/mol. The molecule has 0 aliphatic rings. The molecule has 7 heteroatoms. The summed E-state index contributed by atoms with van der Waals surface area (Å²) in [6.45, 7) is 0. The Bertz CT molecular complexity index is 849. The molecule has 106 valence electrons. The third-order valence-electron chi connectivity index (χ3n) is 2.89. The van der Waals surface area contributed by atoms with Crippen molar-refractivity contribution in [2.45, 2.75) is 0 Å². The fourth-order valence-corrected chi connectivity index (χ4v) is 3.30. The van der Waals surface area contributed by atoms with Gasteiger partial charge in [-0.2, -0.15) is 0 Å². The number of nitrogens with one attached hydrogen (secondary N) is 1. The van der Waals surface area contributed by atoms with Crippen molar-refractivity contribution in [3.05, 3.63) is 51.7 Å². The molecule has 0 unspecified atom stereocenters. The summed E-state index contributed by atoms with van der Waals surface area (Å²) in [4.78, 5) is 17.6. The summed E-state index contributed by atoms with van der Waals surface area (Å²) in [6, 6.07) is 7.63. The van der Waals surface area contributed by atoms with Crippen LogP contribution < -0.4 is 11.1 Å². The largest absolute Gasteiger partial charge is 0.397 e. The number of amides is 1. The number of carbonyl (C=O) groups excluding carboxylic acids is 1. The van der Waals surface area contributed by atoms with Crippen LogP contribution >= 0.6 is 27.3 Å². The Morgan fingerprint density at radius 3 is 2.90 bits per heavy atom. The molecule has 0 aliphatic heterocycles. The first-order valence-corrected chi connectivity index (χ1v) is 7.56. The number of fused-ring (bicyclic) bond motifs is 1. The summed E-state index contributed by atoms with van der Waals surface area (Å²) in [5, 5.41) is 3.46. The van der Waals surface area contributed by atoms with Gasteiger partial charge in [0.1, 0.15) is 15.5 Å². The Labute approximate surface area is 131 Å². The normalized spacial score (nSPS) is 10.8. The van der Waals surface area contributed by atoms with E-state index >= 15 is 0 Å². The number of pyridine rings is 1. The van der Waals surface area contributed by atoms with Gasteiger partial charge in [-0.15, -0.1) is 11.3 Å². The topological polar surface area (TPSA) is 68.0 Å². The first kappa shape index (κ1) is 14.0. The van der Waals surface area contributed by atoms with Gasteiger partial charge in [0.2, 0.25) is 0 Å². The van der Waals surface area contributed by atoms with E-state index in [1.54, 1.807) is 12.3 Å². The predicted molar refractivity (Wildman–Crippen MR) is 86.1 cm³/mol. The van der Waals surface area contributed by atoms with Crippen molar-refractivity contribution in [3.63, 3.8) is 0 Å². The van der Waals surface area contributed by atoms with E-state index in [0.29, 0.717) is 25.6 Å². The minimum atomic E-state index is -0.384. The molecule has 0 aliphatic carbocycles. The van der Waals surface area contributed by atoms with Crippen molar-refractivity contribution in [1.82, 2.24) is 4.98 Å². The molecule has 0 spiro atoms. The number of halogens is 2. The third-order valence-corrected chi connectivity index (χ3v) is 4.67. The maximum Gasteiger partial charge on any atom is 0.267 e. The quantitative estimate of drug-likeness (QED) is 0.720. The molecule has 0 fully saturated rings. The summed E-state index contributed by atoms with van der Waals surface area (Å²) < 4.78 is 13.5. The van der Waals surface area contributed by atoms with Crippen LogP contribution in [0.5, 0.6) is 0 Å². The summed E-state index contributed by atoms with van der Waals surface area (Å²) in [7, 11) is 0. The molecule has 2 aromatic heterocycles. The molecule has 3 aromatic rings. The number of rotatable bonds is 2. The smallest absolute Gasteiger partial charge is 0.267 e. The van der Waals surface area contributed by atoms with Gasteiger partial charge >= 0.3 is 0 Å². The monoisotopic (exact) mass is 365 g/mol. The van der Waals surface area contributed by atoms with Gasteiger partial charge in [-0.25, -0.2) is 9.37 Å². The highest BCUT2D eigenvalue weighted by molar-refractivity contribution is 9.10.